The van der Waals surface area contributed by atoms with E-state index < -0.39 is 0 Å². The number of aryl methyl sites for hydroxylation is 2. The molecule has 1 aliphatic rings. The second-order valence-corrected chi connectivity index (χ2v) is 6.26. The van der Waals surface area contributed by atoms with Crippen LogP contribution in [-0.4, -0.2) is 45.7 Å². The van der Waals surface area contributed by atoms with Crippen LogP contribution in [0.4, 0.5) is 0 Å². The first kappa shape index (κ1) is 14.5. The zero-order valence-electron chi connectivity index (χ0n) is 13.4. The monoisotopic (exact) mass is 287 g/mol. The van der Waals surface area contributed by atoms with Crippen LogP contribution in [0.5, 0.6) is 0 Å². The van der Waals surface area contributed by atoms with Crippen molar-refractivity contribution in [2.24, 2.45) is 0 Å². The number of nitrogens with zero attached hydrogens (tertiary/aromatic N) is 4. The fraction of sp³-hybridized carbons (Fsp3) is 0.625. The molecule has 0 radical (unpaired) electrons. The Bertz CT molecular complexity index is 633. The zero-order chi connectivity index (χ0) is 15.0. The third-order valence-electron chi connectivity index (χ3n) is 4.68. The van der Waals surface area contributed by atoms with Gasteiger partial charge in [-0.3, -0.25) is 0 Å². The molecule has 2 unspecified atom stereocenters. The van der Waals surface area contributed by atoms with E-state index in [2.05, 4.69) is 41.2 Å². The molecule has 2 aromatic heterocycles. The van der Waals surface area contributed by atoms with Crippen LogP contribution in [0.15, 0.2) is 12.3 Å². The third kappa shape index (κ3) is 2.80. The summed E-state index contributed by atoms with van der Waals surface area (Å²) < 4.78 is 1.95. The largest absolute Gasteiger partial charge is 0.309 e. The van der Waals surface area contributed by atoms with E-state index in [1.807, 2.05) is 23.7 Å². The fourth-order valence-corrected chi connectivity index (χ4v) is 3.26. The highest BCUT2D eigenvalue weighted by atomic mass is 15.3. The molecule has 2 aromatic rings. The van der Waals surface area contributed by atoms with E-state index in [4.69, 9.17) is 0 Å². The first-order chi connectivity index (χ1) is 10.1. The number of nitrogens with one attached hydrogen (secondary N) is 1. The van der Waals surface area contributed by atoms with E-state index >= 15 is 0 Å². The van der Waals surface area contributed by atoms with Gasteiger partial charge in [-0.05, 0) is 47.2 Å². The van der Waals surface area contributed by atoms with Crippen molar-refractivity contribution >= 4 is 5.65 Å². The Kier molecular flexibility index (Phi) is 3.95. The highest BCUT2D eigenvalue weighted by molar-refractivity contribution is 5.42. The molecule has 2 atom stereocenters. The molecular weight excluding hydrogens is 262 g/mol. The first-order valence-electron chi connectivity index (χ1n) is 7.82. The van der Waals surface area contributed by atoms with Crippen LogP contribution in [0.3, 0.4) is 0 Å². The number of hydrogen-bond acceptors (Lipinski definition) is 4. The minimum Gasteiger partial charge on any atom is -0.309 e. The lowest BCUT2D eigenvalue weighted by Crippen LogP contribution is -2.36. The molecular formula is C16H25N5. The summed E-state index contributed by atoms with van der Waals surface area (Å²) in [6.45, 7) is 8.59. The van der Waals surface area contributed by atoms with Gasteiger partial charge in [-0.2, -0.15) is 5.10 Å². The van der Waals surface area contributed by atoms with Crippen molar-refractivity contribution in [2.75, 3.05) is 20.1 Å². The molecule has 3 heterocycles. The number of likely N-dealkylation sites (N-methyl/N-ethyl adjacent to an activating group) is 1. The van der Waals surface area contributed by atoms with Gasteiger partial charge in [0.1, 0.15) is 0 Å². The Morgan fingerprint density at radius 3 is 2.95 bits per heavy atom. The molecule has 0 aliphatic carbocycles. The number of aromatic nitrogens is 3. The average molecular weight is 287 g/mol. The summed E-state index contributed by atoms with van der Waals surface area (Å²) in [4.78, 5) is 6.98. The van der Waals surface area contributed by atoms with Gasteiger partial charge < -0.3 is 10.2 Å². The molecule has 0 saturated carbocycles. The first-order valence-corrected chi connectivity index (χ1v) is 7.82. The lowest BCUT2D eigenvalue weighted by Gasteiger charge is -2.23. The van der Waals surface area contributed by atoms with Gasteiger partial charge in [0.15, 0.2) is 5.65 Å². The summed E-state index contributed by atoms with van der Waals surface area (Å²) in [6.07, 6.45) is 4.60. The molecule has 3 rings (SSSR count). The van der Waals surface area contributed by atoms with Crippen LogP contribution in [0.2, 0.25) is 0 Å². The lowest BCUT2D eigenvalue weighted by molar-refractivity contribution is 0.293. The molecule has 5 heteroatoms. The smallest absolute Gasteiger partial charge is 0.155 e. The van der Waals surface area contributed by atoms with E-state index in [1.165, 1.54) is 30.6 Å². The van der Waals surface area contributed by atoms with Gasteiger partial charge in [0.05, 0.1) is 5.69 Å². The van der Waals surface area contributed by atoms with Crippen molar-refractivity contribution < 1.29 is 0 Å². The molecule has 21 heavy (non-hydrogen) atoms. The van der Waals surface area contributed by atoms with E-state index in [0.29, 0.717) is 12.1 Å². The summed E-state index contributed by atoms with van der Waals surface area (Å²) in [7, 11) is 2.22. The maximum atomic E-state index is 4.53. The normalized spacial score (nSPS) is 21.2. The van der Waals surface area contributed by atoms with E-state index in [1.54, 1.807) is 0 Å². The number of rotatable bonds is 4. The summed E-state index contributed by atoms with van der Waals surface area (Å²) in [5.74, 6) is 0. The van der Waals surface area contributed by atoms with Gasteiger partial charge in [0, 0.05) is 42.1 Å². The molecule has 1 saturated heterocycles. The van der Waals surface area contributed by atoms with Gasteiger partial charge in [-0.1, -0.05) is 0 Å². The maximum Gasteiger partial charge on any atom is 0.155 e. The molecule has 0 bridgehead atoms. The minimum atomic E-state index is 0.292. The van der Waals surface area contributed by atoms with Crippen LogP contribution in [-0.2, 0) is 0 Å². The third-order valence-corrected chi connectivity index (χ3v) is 4.68. The fourth-order valence-electron chi connectivity index (χ4n) is 3.26. The molecule has 0 aromatic carbocycles. The molecule has 0 amide bonds. The summed E-state index contributed by atoms with van der Waals surface area (Å²) in [5.41, 5.74) is 4.34. The van der Waals surface area contributed by atoms with Gasteiger partial charge in [-0.15, -0.1) is 0 Å². The van der Waals surface area contributed by atoms with Crippen molar-refractivity contribution in [3.05, 3.63) is 29.2 Å². The Hall–Kier alpha value is -1.46. The van der Waals surface area contributed by atoms with Crippen LogP contribution < -0.4 is 5.32 Å². The minimum absolute atomic E-state index is 0.292. The average Bonchev–Trinajstić information content (AvgIpc) is 3.02. The Labute approximate surface area is 126 Å². The van der Waals surface area contributed by atoms with Crippen LogP contribution in [0.1, 0.15) is 42.8 Å². The van der Waals surface area contributed by atoms with Crippen molar-refractivity contribution in [3.8, 4) is 0 Å². The van der Waals surface area contributed by atoms with Gasteiger partial charge in [-0.25, -0.2) is 9.50 Å². The van der Waals surface area contributed by atoms with Gasteiger partial charge in [0.2, 0.25) is 0 Å². The predicted octanol–water partition coefficient (Wildman–Crippen LogP) is 2.09. The highest BCUT2D eigenvalue weighted by Crippen LogP contribution is 2.19. The predicted molar refractivity (Wildman–Crippen MR) is 84.5 cm³/mol. The van der Waals surface area contributed by atoms with Crippen LogP contribution in [0, 0.1) is 13.8 Å². The SMILES string of the molecule is Cc1cc2ncc(C(C)NCC3CCCN3C)c(C)n2n1. The van der Waals surface area contributed by atoms with Gasteiger partial charge in [0.25, 0.3) is 0 Å². The molecule has 1 aliphatic heterocycles. The van der Waals surface area contributed by atoms with Crippen LogP contribution in [0.25, 0.3) is 5.65 Å². The van der Waals surface area contributed by atoms with E-state index in [9.17, 15) is 0 Å². The molecule has 5 nitrogen and oxygen atoms in total. The Morgan fingerprint density at radius 2 is 2.24 bits per heavy atom. The highest BCUT2D eigenvalue weighted by Gasteiger charge is 2.21. The molecule has 1 fully saturated rings. The Morgan fingerprint density at radius 1 is 1.43 bits per heavy atom. The lowest BCUT2D eigenvalue weighted by atomic mass is 10.1. The summed E-state index contributed by atoms with van der Waals surface area (Å²) >= 11 is 0. The van der Waals surface area contributed by atoms with E-state index in [0.717, 1.165) is 17.9 Å². The summed E-state index contributed by atoms with van der Waals surface area (Å²) in [6, 6.07) is 2.97. The van der Waals surface area contributed by atoms with Crippen molar-refractivity contribution in [3.63, 3.8) is 0 Å². The number of hydrogen-bond donors (Lipinski definition) is 1. The van der Waals surface area contributed by atoms with E-state index in [-0.39, 0.29) is 0 Å². The topological polar surface area (TPSA) is 45.5 Å². The molecule has 0 spiro atoms. The van der Waals surface area contributed by atoms with Crippen LogP contribution >= 0.6 is 0 Å². The van der Waals surface area contributed by atoms with Crippen molar-refractivity contribution in [2.45, 2.75) is 45.7 Å². The van der Waals surface area contributed by atoms with Crippen molar-refractivity contribution in [1.29, 1.82) is 0 Å². The number of fused-ring (bicyclic) bond motifs is 1. The zero-order valence-corrected chi connectivity index (χ0v) is 13.4. The standard InChI is InChI=1S/C16H25N5/c1-11-8-16-18-10-15(13(3)21(16)19-11)12(2)17-9-14-6-5-7-20(14)4/h8,10,12,14,17H,5-7,9H2,1-4H3. The molecule has 114 valence electrons. The van der Waals surface area contributed by atoms with Gasteiger partial charge >= 0.3 is 0 Å². The maximum absolute atomic E-state index is 4.53. The quantitative estimate of drug-likeness (QED) is 0.935. The Balaban J connectivity index is 1.74. The summed E-state index contributed by atoms with van der Waals surface area (Å²) in [5, 5.41) is 8.18. The second-order valence-electron chi connectivity index (χ2n) is 6.26. The second kappa shape index (κ2) is 5.73. The molecule has 1 N–H and O–H groups in total. The number of likely N-dealkylation sites (tertiary alicyclic amines) is 1. The van der Waals surface area contributed by atoms with Crippen molar-refractivity contribution in [1.82, 2.24) is 24.8 Å².